The third-order valence-electron chi connectivity index (χ3n) is 3.50. The molecule has 18 heavy (non-hydrogen) atoms. The van der Waals surface area contributed by atoms with Crippen LogP contribution in [0.1, 0.15) is 6.92 Å². The lowest BCUT2D eigenvalue weighted by atomic mass is 9.97. The van der Waals surface area contributed by atoms with E-state index in [2.05, 4.69) is 17.6 Å². The predicted molar refractivity (Wildman–Crippen MR) is 74.9 cm³/mol. The van der Waals surface area contributed by atoms with Crippen LogP contribution in [-0.4, -0.2) is 33.1 Å². The molecule has 1 fully saturated rings. The third-order valence-corrected chi connectivity index (χ3v) is 3.50. The first-order valence-electron chi connectivity index (χ1n) is 6.37. The van der Waals surface area contributed by atoms with Gasteiger partial charge in [0.25, 0.3) is 0 Å². The Morgan fingerprint density at radius 1 is 1.33 bits per heavy atom. The van der Waals surface area contributed by atoms with Gasteiger partial charge in [-0.3, -0.25) is 4.79 Å². The molecule has 0 radical (unpaired) electrons. The van der Waals surface area contributed by atoms with Crippen molar-refractivity contribution in [1.82, 2.24) is 5.32 Å². The van der Waals surface area contributed by atoms with Crippen molar-refractivity contribution in [3.63, 3.8) is 0 Å². The molecule has 1 heterocycles. The molecule has 0 aromatic heterocycles. The highest BCUT2D eigenvalue weighted by atomic mass is 16.2. The predicted octanol–water partition coefficient (Wildman–Crippen LogP) is 1.55. The van der Waals surface area contributed by atoms with E-state index in [4.69, 9.17) is 0 Å². The van der Waals surface area contributed by atoms with Gasteiger partial charge >= 0.3 is 0 Å². The van der Waals surface area contributed by atoms with Gasteiger partial charge in [0.1, 0.15) is 0 Å². The minimum absolute atomic E-state index is 0.0696. The maximum Gasteiger partial charge on any atom is 0.229 e. The largest absolute Gasteiger partial charge is 0.376 e. The van der Waals surface area contributed by atoms with Crippen LogP contribution in [0, 0.1) is 11.8 Å². The standard InChI is InChI=1S/C14H21N3O/c1-10-8-15-9-11(10)14(18)16-12-6-4-5-7-13(12)17(2)3/h4-7,10-11,15H,8-9H2,1-3H3,(H,16,18)/t10-,11-/m1/s1. The quantitative estimate of drug-likeness (QED) is 0.851. The molecule has 1 aromatic carbocycles. The van der Waals surface area contributed by atoms with E-state index in [0.717, 1.165) is 24.5 Å². The number of carbonyl (C=O) groups is 1. The molecule has 4 heteroatoms. The summed E-state index contributed by atoms with van der Waals surface area (Å²) in [5.74, 6) is 0.582. The Kier molecular flexibility index (Phi) is 3.87. The second-order valence-corrected chi connectivity index (χ2v) is 5.14. The van der Waals surface area contributed by atoms with Crippen LogP contribution in [0.2, 0.25) is 0 Å². The first-order chi connectivity index (χ1) is 8.59. The molecule has 0 saturated carbocycles. The van der Waals surface area contributed by atoms with E-state index in [1.807, 2.05) is 43.3 Å². The Morgan fingerprint density at radius 2 is 2.06 bits per heavy atom. The topological polar surface area (TPSA) is 44.4 Å². The highest BCUT2D eigenvalue weighted by Gasteiger charge is 2.29. The fraction of sp³-hybridized carbons (Fsp3) is 0.500. The van der Waals surface area contributed by atoms with Crippen LogP contribution in [0.15, 0.2) is 24.3 Å². The zero-order chi connectivity index (χ0) is 13.1. The van der Waals surface area contributed by atoms with E-state index in [-0.39, 0.29) is 11.8 Å². The van der Waals surface area contributed by atoms with Crippen molar-refractivity contribution in [2.24, 2.45) is 11.8 Å². The van der Waals surface area contributed by atoms with Crippen molar-refractivity contribution in [1.29, 1.82) is 0 Å². The molecule has 0 unspecified atom stereocenters. The van der Waals surface area contributed by atoms with Gasteiger partial charge < -0.3 is 15.5 Å². The van der Waals surface area contributed by atoms with Crippen LogP contribution >= 0.6 is 0 Å². The molecular formula is C14H21N3O. The summed E-state index contributed by atoms with van der Waals surface area (Å²) in [5, 5.41) is 6.30. The van der Waals surface area contributed by atoms with Gasteiger partial charge in [0, 0.05) is 20.6 Å². The summed E-state index contributed by atoms with van der Waals surface area (Å²) >= 11 is 0. The molecule has 1 amide bonds. The number of carbonyl (C=O) groups excluding carboxylic acids is 1. The van der Waals surface area contributed by atoms with Gasteiger partial charge in [-0.25, -0.2) is 0 Å². The van der Waals surface area contributed by atoms with Crippen molar-refractivity contribution in [3.8, 4) is 0 Å². The maximum atomic E-state index is 12.2. The van der Waals surface area contributed by atoms with Gasteiger partial charge in [0.05, 0.1) is 17.3 Å². The molecule has 1 aromatic rings. The molecule has 98 valence electrons. The second kappa shape index (κ2) is 5.40. The van der Waals surface area contributed by atoms with Crippen molar-refractivity contribution in [3.05, 3.63) is 24.3 Å². The van der Waals surface area contributed by atoms with Gasteiger partial charge in [0.2, 0.25) is 5.91 Å². The molecule has 2 rings (SSSR count). The Labute approximate surface area is 108 Å². The summed E-state index contributed by atoms with van der Waals surface area (Å²) in [6.45, 7) is 3.81. The van der Waals surface area contributed by atoms with Gasteiger partial charge in [-0.2, -0.15) is 0 Å². The van der Waals surface area contributed by atoms with Crippen molar-refractivity contribution >= 4 is 17.3 Å². The summed E-state index contributed by atoms with van der Waals surface area (Å²) < 4.78 is 0. The number of nitrogens with zero attached hydrogens (tertiary/aromatic N) is 1. The van der Waals surface area contributed by atoms with Gasteiger partial charge in [0.15, 0.2) is 0 Å². The zero-order valence-corrected chi connectivity index (χ0v) is 11.2. The van der Waals surface area contributed by atoms with E-state index in [1.165, 1.54) is 0 Å². The van der Waals surface area contributed by atoms with E-state index in [9.17, 15) is 4.79 Å². The number of nitrogens with one attached hydrogen (secondary N) is 2. The monoisotopic (exact) mass is 247 g/mol. The van der Waals surface area contributed by atoms with Crippen LogP contribution in [0.3, 0.4) is 0 Å². The Morgan fingerprint density at radius 3 is 2.67 bits per heavy atom. The Bertz CT molecular complexity index is 431. The summed E-state index contributed by atoms with van der Waals surface area (Å²) in [7, 11) is 3.95. The van der Waals surface area contributed by atoms with E-state index >= 15 is 0 Å². The van der Waals surface area contributed by atoms with Gasteiger partial charge in [-0.15, -0.1) is 0 Å². The van der Waals surface area contributed by atoms with Crippen LogP contribution in [0.25, 0.3) is 0 Å². The fourth-order valence-electron chi connectivity index (χ4n) is 2.36. The number of benzene rings is 1. The van der Waals surface area contributed by atoms with Crippen LogP contribution in [0.5, 0.6) is 0 Å². The minimum atomic E-state index is 0.0696. The number of rotatable bonds is 3. The Balaban J connectivity index is 2.11. The molecule has 1 aliphatic heterocycles. The lowest BCUT2D eigenvalue weighted by Gasteiger charge is -2.20. The lowest BCUT2D eigenvalue weighted by Crippen LogP contribution is -2.28. The van der Waals surface area contributed by atoms with E-state index in [1.54, 1.807) is 0 Å². The van der Waals surface area contributed by atoms with Crippen molar-refractivity contribution in [2.45, 2.75) is 6.92 Å². The molecule has 2 N–H and O–H groups in total. The highest BCUT2D eigenvalue weighted by molar-refractivity contribution is 5.96. The lowest BCUT2D eigenvalue weighted by molar-refractivity contribution is -0.120. The summed E-state index contributed by atoms with van der Waals surface area (Å²) in [4.78, 5) is 14.2. The maximum absolute atomic E-state index is 12.2. The molecule has 0 spiro atoms. The van der Waals surface area contributed by atoms with E-state index < -0.39 is 0 Å². The minimum Gasteiger partial charge on any atom is -0.376 e. The number of amides is 1. The number of para-hydroxylation sites is 2. The van der Waals surface area contributed by atoms with E-state index in [0.29, 0.717) is 5.92 Å². The first kappa shape index (κ1) is 12.9. The summed E-state index contributed by atoms with van der Waals surface area (Å²) in [6.07, 6.45) is 0. The van der Waals surface area contributed by atoms with Crippen LogP contribution in [-0.2, 0) is 4.79 Å². The highest BCUT2D eigenvalue weighted by Crippen LogP contribution is 2.25. The summed E-state index contributed by atoms with van der Waals surface area (Å²) in [6, 6.07) is 7.87. The molecule has 1 saturated heterocycles. The molecule has 1 aliphatic rings. The number of anilines is 2. The SMILES string of the molecule is C[C@@H]1CNC[C@H]1C(=O)Nc1ccccc1N(C)C. The van der Waals surface area contributed by atoms with Gasteiger partial charge in [-0.05, 0) is 24.6 Å². The van der Waals surface area contributed by atoms with Crippen molar-refractivity contribution < 1.29 is 4.79 Å². The smallest absolute Gasteiger partial charge is 0.229 e. The first-order valence-corrected chi connectivity index (χ1v) is 6.37. The fourth-order valence-corrected chi connectivity index (χ4v) is 2.36. The number of hydrogen-bond acceptors (Lipinski definition) is 3. The third kappa shape index (κ3) is 2.64. The van der Waals surface area contributed by atoms with Crippen LogP contribution in [0.4, 0.5) is 11.4 Å². The molecule has 2 atom stereocenters. The average molecular weight is 247 g/mol. The van der Waals surface area contributed by atoms with Crippen molar-refractivity contribution in [2.75, 3.05) is 37.4 Å². The Hall–Kier alpha value is -1.55. The average Bonchev–Trinajstić information content (AvgIpc) is 2.76. The molecular weight excluding hydrogens is 226 g/mol. The molecule has 0 aliphatic carbocycles. The van der Waals surface area contributed by atoms with Crippen LogP contribution < -0.4 is 15.5 Å². The zero-order valence-electron chi connectivity index (χ0n) is 11.2. The number of hydrogen-bond donors (Lipinski definition) is 2. The normalized spacial score (nSPS) is 22.8. The second-order valence-electron chi connectivity index (χ2n) is 5.14. The summed E-state index contributed by atoms with van der Waals surface area (Å²) in [5.41, 5.74) is 1.91. The molecule has 0 bridgehead atoms. The molecule has 4 nitrogen and oxygen atoms in total. The van der Waals surface area contributed by atoms with Gasteiger partial charge in [-0.1, -0.05) is 19.1 Å².